The molecule has 1 fully saturated rings. The fourth-order valence-corrected chi connectivity index (χ4v) is 7.08. The van der Waals surface area contributed by atoms with Gasteiger partial charge in [0, 0.05) is 37.4 Å². The molecule has 1 saturated heterocycles. The number of aliphatic hydroxyl groups excluding tert-OH is 1. The molecule has 0 radical (unpaired) electrons. The first-order chi connectivity index (χ1) is 17.6. The maximum atomic E-state index is 15.6. The van der Waals surface area contributed by atoms with Crippen molar-refractivity contribution < 1.29 is 31.5 Å². The molecule has 0 amide bonds. The molecule has 3 aromatic rings. The van der Waals surface area contributed by atoms with Crippen molar-refractivity contribution >= 4 is 10.0 Å². The molecule has 0 bridgehead atoms. The van der Waals surface area contributed by atoms with Gasteiger partial charge in [0.15, 0.2) is 0 Å². The third-order valence-corrected chi connectivity index (χ3v) is 9.39. The summed E-state index contributed by atoms with van der Waals surface area (Å²) >= 11 is 0. The minimum Gasteiger partial charge on any atom is -0.395 e. The lowest BCUT2D eigenvalue weighted by Gasteiger charge is -2.37. The van der Waals surface area contributed by atoms with Crippen molar-refractivity contribution in [2.75, 3.05) is 20.3 Å². The van der Waals surface area contributed by atoms with Gasteiger partial charge in [0.05, 0.1) is 6.61 Å². The van der Waals surface area contributed by atoms with Crippen LogP contribution in [-0.4, -0.2) is 54.4 Å². The molecule has 2 aromatic carbocycles. The predicted octanol–water partition coefficient (Wildman–Crippen LogP) is 3.01. The van der Waals surface area contributed by atoms with Crippen molar-refractivity contribution in [1.82, 2.24) is 14.5 Å². The van der Waals surface area contributed by atoms with Crippen molar-refractivity contribution in [2.24, 2.45) is 0 Å². The highest BCUT2D eigenvalue weighted by Gasteiger charge is 2.43. The molecule has 1 aliphatic heterocycles. The normalized spacial score (nSPS) is 21.5. The number of hydrogen-bond acceptors (Lipinski definition) is 7. The number of halogens is 2. The van der Waals surface area contributed by atoms with Gasteiger partial charge < -0.3 is 14.3 Å². The van der Waals surface area contributed by atoms with Gasteiger partial charge in [0.2, 0.25) is 15.9 Å². The van der Waals surface area contributed by atoms with Crippen molar-refractivity contribution in [1.29, 1.82) is 0 Å². The Morgan fingerprint density at radius 3 is 2.57 bits per heavy atom. The molecule has 3 atom stereocenters. The second-order valence-corrected chi connectivity index (χ2v) is 11.3. The summed E-state index contributed by atoms with van der Waals surface area (Å²) < 4.78 is 69.4. The molecule has 0 saturated carbocycles. The molecule has 4 rings (SSSR count). The Morgan fingerprint density at radius 1 is 1.22 bits per heavy atom. The number of aromatic nitrogens is 2. The highest BCUT2D eigenvalue weighted by molar-refractivity contribution is 7.89. The molecule has 0 aliphatic carbocycles. The minimum atomic E-state index is -3.87. The predicted molar refractivity (Wildman–Crippen MR) is 130 cm³/mol. The maximum Gasteiger partial charge on any atom is 0.434 e. The van der Waals surface area contributed by atoms with E-state index in [9.17, 15) is 18.3 Å². The fourth-order valence-electron chi connectivity index (χ4n) is 4.90. The first-order valence-corrected chi connectivity index (χ1v) is 13.3. The van der Waals surface area contributed by atoms with Gasteiger partial charge in [-0.05, 0) is 43.9 Å². The first kappa shape index (κ1) is 27.1. The van der Waals surface area contributed by atoms with Crippen LogP contribution in [-0.2, 0) is 26.7 Å². The smallest absolute Gasteiger partial charge is 0.395 e. The summed E-state index contributed by atoms with van der Waals surface area (Å²) in [5.74, 6) is -3.01. The Labute approximate surface area is 213 Å². The van der Waals surface area contributed by atoms with Gasteiger partial charge in [0.25, 0.3) is 0 Å². The molecule has 1 aliphatic rings. The number of nitrogens with one attached hydrogen (secondary N) is 1. The Kier molecular flexibility index (Phi) is 7.93. The number of ether oxygens (including phenoxy) is 1. The number of benzene rings is 2. The zero-order valence-corrected chi connectivity index (χ0v) is 21.3. The third-order valence-electron chi connectivity index (χ3n) is 7.02. The van der Waals surface area contributed by atoms with Gasteiger partial charge in [-0.2, -0.15) is 4.31 Å². The van der Waals surface area contributed by atoms with Crippen LogP contribution >= 0.6 is 0 Å². The largest absolute Gasteiger partial charge is 0.434 e. The SMILES string of the molecule is COCCC(CO)(c1n[nH]c(=O)o1)c1cc(F)c(CN2[C@@H](C)CCC(c3ccccc3)S2(=O)=O)cc1F. The standard InChI is InChI=1S/C25H29F2N3O6S/c1-16-8-9-22(17-6-4-3-5-7-17)37(33,34)30(16)14-18-12-21(27)19(13-20(18)26)25(15-31,10-11-35-2)23-28-29-24(32)36-23/h3-7,12-13,16,22,31H,8-11,14-15H2,1-2H3,(H,29,32)/t16-,22?,25?/m0/s1. The van der Waals surface area contributed by atoms with Gasteiger partial charge in [0.1, 0.15) is 22.3 Å². The van der Waals surface area contributed by atoms with Crippen LogP contribution in [0.5, 0.6) is 0 Å². The van der Waals surface area contributed by atoms with E-state index in [-0.39, 0.29) is 36.6 Å². The van der Waals surface area contributed by atoms with Crippen LogP contribution < -0.4 is 5.76 Å². The van der Waals surface area contributed by atoms with Crippen LogP contribution in [0.3, 0.4) is 0 Å². The minimum absolute atomic E-state index is 0.0182. The Bertz CT molecular complexity index is 1390. The fraction of sp³-hybridized carbons (Fsp3) is 0.440. The summed E-state index contributed by atoms with van der Waals surface area (Å²) in [4.78, 5) is 11.6. The van der Waals surface area contributed by atoms with Crippen LogP contribution in [0, 0.1) is 11.6 Å². The number of methoxy groups -OCH3 is 1. The summed E-state index contributed by atoms with van der Waals surface area (Å²) in [6.45, 7) is 0.639. The molecular formula is C25H29F2N3O6S. The number of aliphatic hydroxyl groups is 1. The lowest BCUT2D eigenvalue weighted by atomic mass is 9.77. The van der Waals surface area contributed by atoms with Crippen molar-refractivity contribution in [3.05, 3.63) is 87.2 Å². The van der Waals surface area contributed by atoms with E-state index in [1.54, 1.807) is 37.3 Å². The van der Waals surface area contributed by atoms with Crippen LogP contribution in [0.25, 0.3) is 0 Å². The molecule has 0 spiro atoms. The summed E-state index contributed by atoms with van der Waals surface area (Å²) in [6.07, 6.45) is 0.913. The molecule has 200 valence electrons. The quantitative estimate of drug-likeness (QED) is 0.430. The van der Waals surface area contributed by atoms with Crippen molar-refractivity contribution in [3.63, 3.8) is 0 Å². The Hall–Kier alpha value is -2.93. The summed E-state index contributed by atoms with van der Waals surface area (Å²) in [7, 11) is -2.47. The van der Waals surface area contributed by atoms with Gasteiger partial charge in [-0.1, -0.05) is 30.3 Å². The lowest BCUT2D eigenvalue weighted by Crippen LogP contribution is -2.45. The zero-order valence-electron chi connectivity index (χ0n) is 20.5. The Morgan fingerprint density at radius 2 is 1.95 bits per heavy atom. The van der Waals surface area contributed by atoms with Gasteiger partial charge in [-0.3, -0.25) is 0 Å². The highest BCUT2D eigenvalue weighted by atomic mass is 32.2. The number of rotatable bonds is 9. The molecule has 2 N–H and O–H groups in total. The van der Waals surface area contributed by atoms with Gasteiger partial charge in [-0.25, -0.2) is 27.1 Å². The number of sulfonamides is 1. The average molecular weight is 538 g/mol. The maximum absolute atomic E-state index is 15.6. The Balaban J connectivity index is 1.72. The molecule has 2 unspecified atom stereocenters. The number of hydrogen-bond donors (Lipinski definition) is 2. The molecule has 2 heterocycles. The van der Waals surface area contributed by atoms with E-state index in [2.05, 4.69) is 10.2 Å². The van der Waals surface area contributed by atoms with E-state index in [4.69, 9.17) is 9.15 Å². The first-order valence-electron chi connectivity index (χ1n) is 11.8. The average Bonchev–Trinajstić information content (AvgIpc) is 3.31. The second-order valence-electron chi connectivity index (χ2n) is 9.24. The van der Waals surface area contributed by atoms with E-state index in [1.807, 2.05) is 0 Å². The van der Waals surface area contributed by atoms with Gasteiger partial charge in [-0.15, -0.1) is 5.10 Å². The second kappa shape index (κ2) is 10.8. The monoisotopic (exact) mass is 537 g/mol. The summed E-state index contributed by atoms with van der Waals surface area (Å²) in [5.41, 5.74) is -1.51. The van der Waals surface area contributed by atoms with Crippen LogP contribution in [0.15, 0.2) is 51.7 Å². The van der Waals surface area contributed by atoms with Crippen LogP contribution in [0.1, 0.15) is 54.0 Å². The van der Waals surface area contributed by atoms with Gasteiger partial charge >= 0.3 is 5.76 Å². The number of H-pyrrole nitrogens is 1. The number of nitrogens with zero attached hydrogens (tertiary/aromatic N) is 2. The molecule has 9 nitrogen and oxygen atoms in total. The lowest BCUT2D eigenvalue weighted by molar-refractivity contribution is 0.126. The zero-order chi connectivity index (χ0) is 26.8. The van der Waals surface area contributed by atoms with E-state index < -0.39 is 50.7 Å². The molecule has 37 heavy (non-hydrogen) atoms. The van der Waals surface area contributed by atoms with E-state index in [0.29, 0.717) is 18.4 Å². The van der Waals surface area contributed by atoms with E-state index >= 15 is 8.78 Å². The third kappa shape index (κ3) is 5.11. The summed E-state index contributed by atoms with van der Waals surface area (Å²) in [6, 6.07) is 10.2. The molecule has 1 aromatic heterocycles. The topological polar surface area (TPSA) is 126 Å². The summed E-state index contributed by atoms with van der Waals surface area (Å²) in [5, 5.41) is 15.3. The van der Waals surface area contributed by atoms with Crippen molar-refractivity contribution in [2.45, 2.75) is 49.4 Å². The van der Waals surface area contributed by atoms with E-state index in [0.717, 1.165) is 12.1 Å². The highest BCUT2D eigenvalue weighted by Crippen LogP contribution is 2.40. The molecule has 12 heteroatoms. The van der Waals surface area contributed by atoms with E-state index in [1.165, 1.54) is 11.4 Å². The van der Waals surface area contributed by atoms with Crippen LogP contribution in [0.4, 0.5) is 8.78 Å². The number of aromatic amines is 1. The van der Waals surface area contributed by atoms with Crippen LogP contribution in [0.2, 0.25) is 0 Å². The van der Waals surface area contributed by atoms with Crippen molar-refractivity contribution in [3.8, 4) is 0 Å². The molecular weight excluding hydrogens is 508 g/mol.